The van der Waals surface area contributed by atoms with Gasteiger partial charge in [0.1, 0.15) is 6.61 Å². The summed E-state index contributed by atoms with van der Waals surface area (Å²) in [6.07, 6.45) is -4.30. The van der Waals surface area contributed by atoms with Gasteiger partial charge in [-0.2, -0.15) is 13.2 Å². The van der Waals surface area contributed by atoms with Crippen molar-refractivity contribution in [1.29, 1.82) is 0 Å². The molecule has 1 aromatic rings. The van der Waals surface area contributed by atoms with Gasteiger partial charge in [-0.05, 0) is 30.5 Å². The van der Waals surface area contributed by atoms with Gasteiger partial charge in [0.15, 0.2) is 0 Å². The molecule has 5 heteroatoms. The Labute approximate surface area is 98.6 Å². The van der Waals surface area contributed by atoms with Crippen LogP contribution in [-0.4, -0.2) is 19.4 Å². The highest BCUT2D eigenvalue weighted by atomic mass is 19.4. The summed E-state index contributed by atoms with van der Waals surface area (Å²) in [5.74, 6) is 0. The summed E-state index contributed by atoms with van der Waals surface area (Å²) in [5.41, 5.74) is 8.72. The zero-order valence-electron chi connectivity index (χ0n) is 9.84. The van der Waals surface area contributed by atoms with Crippen LogP contribution in [0.5, 0.6) is 0 Å². The zero-order chi connectivity index (χ0) is 13.1. The molecule has 0 heterocycles. The topological polar surface area (TPSA) is 35.2 Å². The Hall–Kier alpha value is -1.07. The second kappa shape index (κ2) is 5.51. The fourth-order valence-electron chi connectivity index (χ4n) is 1.39. The summed E-state index contributed by atoms with van der Waals surface area (Å²) in [6.45, 7) is 2.50. The number of halogens is 3. The van der Waals surface area contributed by atoms with E-state index in [2.05, 4.69) is 4.74 Å². The molecule has 0 aromatic heterocycles. The number of alkyl halides is 3. The highest BCUT2D eigenvalue weighted by molar-refractivity contribution is 5.31. The van der Waals surface area contributed by atoms with Crippen LogP contribution in [0.2, 0.25) is 0 Å². The number of hydrogen-bond donors (Lipinski definition) is 1. The summed E-state index contributed by atoms with van der Waals surface area (Å²) >= 11 is 0. The lowest BCUT2D eigenvalue weighted by molar-refractivity contribution is -0.174. The first-order valence-electron chi connectivity index (χ1n) is 5.27. The van der Waals surface area contributed by atoms with E-state index in [1.54, 1.807) is 0 Å². The second-order valence-electron chi connectivity index (χ2n) is 4.08. The Morgan fingerprint density at radius 1 is 1.24 bits per heavy atom. The van der Waals surface area contributed by atoms with Crippen LogP contribution in [0.15, 0.2) is 18.2 Å². The summed E-state index contributed by atoms with van der Waals surface area (Å²) in [6, 6.07) is 5.05. The van der Waals surface area contributed by atoms with Crippen LogP contribution >= 0.6 is 0 Å². The molecule has 0 amide bonds. The van der Waals surface area contributed by atoms with E-state index in [4.69, 9.17) is 5.73 Å². The Kier molecular flexibility index (Phi) is 4.54. The normalized spacial score (nSPS) is 13.8. The predicted octanol–water partition coefficient (Wildman–Crippen LogP) is 2.88. The van der Waals surface area contributed by atoms with Crippen molar-refractivity contribution in [3.63, 3.8) is 0 Å². The Balaban J connectivity index is 2.52. The lowest BCUT2D eigenvalue weighted by Gasteiger charge is -2.15. The maximum Gasteiger partial charge on any atom is 0.411 e. The molecule has 0 fully saturated rings. The van der Waals surface area contributed by atoms with Gasteiger partial charge in [0.2, 0.25) is 0 Å². The van der Waals surface area contributed by atoms with Crippen molar-refractivity contribution in [1.82, 2.24) is 0 Å². The number of nitrogens with two attached hydrogens (primary N) is 1. The molecule has 1 atom stereocenters. The van der Waals surface area contributed by atoms with Gasteiger partial charge < -0.3 is 10.5 Å². The Morgan fingerprint density at radius 3 is 2.41 bits per heavy atom. The van der Waals surface area contributed by atoms with Gasteiger partial charge in [-0.1, -0.05) is 18.2 Å². The third-order valence-corrected chi connectivity index (χ3v) is 2.52. The summed E-state index contributed by atoms with van der Waals surface area (Å²) in [7, 11) is 0. The van der Waals surface area contributed by atoms with E-state index < -0.39 is 18.8 Å². The average Bonchev–Trinajstić information content (AvgIpc) is 2.20. The molecule has 0 saturated heterocycles. The molecule has 2 N–H and O–H groups in total. The van der Waals surface area contributed by atoms with Crippen LogP contribution in [0.25, 0.3) is 0 Å². The van der Waals surface area contributed by atoms with Crippen molar-refractivity contribution in [2.75, 3.05) is 13.2 Å². The largest absolute Gasteiger partial charge is 0.411 e. The Bertz CT molecular complexity index is 377. The van der Waals surface area contributed by atoms with E-state index in [9.17, 15) is 13.2 Å². The van der Waals surface area contributed by atoms with Crippen LogP contribution in [-0.2, 0) is 4.74 Å². The molecular weight excluding hydrogens is 231 g/mol. The molecule has 1 unspecified atom stereocenters. The van der Waals surface area contributed by atoms with Crippen molar-refractivity contribution >= 4 is 0 Å². The lowest BCUT2D eigenvalue weighted by atomic mass is 10.0. The number of rotatable bonds is 4. The van der Waals surface area contributed by atoms with Crippen molar-refractivity contribution in [2.24, 2.45) is 5.73 Å². The molecule has 17 heavy (non-hydrogen) atoms. The minimum absolute atomic E-state index is 0.137. The van der Waals surface area contributed by atoms with Gasteiger partial charge in [0.25, 0.3) is 0 Å². The molecular formula is C12H16F3NO. The molecule has 96 valence electrons. The predicted molar refractivity (Wildman–Crippen MR) is 59.7 cm³/mol. The molecule has 0 spiro atoms. The number of ether oxygens (including phenoxy) is 1. The van der Waals surface area contributed by atoms with E-state index in [0.29, 0.717) is 0 Å². The molecule has 0 radical (unpaired) electrons. The van der Waals surface area contributed by atoms with Crippen LogP contribution in [0.4, 0.5) is 13.2 Å². The van der Waals surface area contributed by atoms with Gasteiger partial charge in [-0.3, -0.25) is 0 Å². The van der Waals surface area contributed by atoms with E-state index in [1.807, 2.05) is 32.0 Å². The van der Waals surface area contributed by atoms with E-state index in [1.165, 1.54) is 0 Å². The molecule has 0 aliphatic heterocycles. The lowest BCUT2D eigenvalue weighted by Crippen LogP contribution is -2.23. The Morgan fingerprint density at radius 2 is 1.88 bits per heavy atom. The fraction of sp³-hybridized carbons (Fsp3) is 0.500. The van der Waals surface area contributed by atoms with E-state index in [0.717, 1.165) is 16.7 Å². The smallest absolute Gasteiger partial charge is 0.370 e. The minimum Gasteiger partial charge on any atom is -0.370 e. The molecule has 0 aliphatic carbocycles. The highest BCUT2D eigenvalue weighted by Gasteiger charge is 2.27. The van der Waals surface area contributed by atoms with Crippen LogP contribution in [0, 0.1) is 13.8 Å². The third kappa shape index (κ3) is 4.75. The maximum absolute atomic E-state index is 11.9. The molecule has 0 aliphatic rings. The summed E-state index contributed by atoms with van der Waals surface area (Å²) in [4.78, 5) is 0. The second-order valence-corrected chi connectivity index (χ2v) is 4.08. The highest BCUT2D eigenvalue weighted by Crippen LogP contribution is 2.18. The van der Waals surface area contributed by atoms with Crippen molar-refractivity contribution in [3.8, 4) is 0 Å². The first kappa shape index (κ1) is 14.0. The minimum atomic E-state index is -4.30. The monoisotopic (exact) mass is 247 g/mol. The molecule has 1 rings (SSSR count). The fourth-order valence-corrected chi connectivity index (χ4v) is 1.39. The zero-order valence-corrected chi connectivity index (χ0v) is 9.84. The average molecular weight is 247 g/mol. The van der Waals surface area contributed by atoms with Crippen molar-refractivity contribution in [3.05, 3.63) is 34.9 Å². The van der Waals surface area contributed by atoms with Gasteiger partial charge in [0, 0.05) is 0 Å². The van der Waals surface area contributed by atoms with Crippen LogP contribution in [0.3, 0.4) is 0 Å². The molecule has 0 saturated carbocycles. The van der Waals surface area contributed by atoms with Crippen LogP contribution in [0.1, 0.15) is 22.7 Å². The van der Waals surface area contributed by atoms with E-state index >= 15 is 0 Å². The van der Waals surface area contributed by atoms with Crippen LogP contribution < -0.4 is 5.73 Å². The molecule has 2 nitrogen and oxygen atoms in total. The summed E-state index contributed by atoms with van der Waals surface area (Å²) in [5, 5.41) is 0. The van der Waals surface area contributed by atoms with Gasteiger partial charge in [-0.15, -0.1) is 0 Å². The quantitative estimate of drug-likeness (QED) is 0.887. The number of benzene rings is 1. The first-order valence-corrected chi connectivity index (χ1v) is 5.27. The van der Waals surface area contributed by atoms with Crippen molar-refractivity contribution in [2.45, 2.75) is 26.1 Å². The maximum atomic E-state index is 11.9. The molecule has 1 aromatic carbocycles. The SMILES string of the molecule is Cc1ccc(C(N)COCC(F)(F)F)cc1C. The van der Waals surface area contributed by atoms with E-state index in [-0.39, 0.29) is 6.61 Å². The van der Waals surface area contributed by atoms with Gasteiger partial charge in [0.05, 0.1) is 12.6 Å². The standard InChI is InChI=1S/C12H16F3NO/c1-8-3-4-10(5-9(8)2)11(16)6-17-7-12(13,14)15/h3-5,11H,6-7,16H2,1-2H3. The number of aryl methyl sites for hydroxylation is 2. The molecule has 0 bridgehead atoms. The van der Waals surface area contributed by atoms with Gasteiger partial charge in [-0.25, -0.2) is 0 Å². The van der Waals surface area contributed by atoms with Gasteiger partial charge >= 0.3 is 6.18 Å². The summed E-state index contributed by atoms with van der Waals surface area (Å²) < 4.78 is 40.1. The number of hydrogen-bond acceptors (Lipinski definition) is 2. The third-order valence-electron chi connectivity index (χ3n) is 2.52. The first-order chi connectivity index (χ1) is 7.79. The van der Waals surface area contributed by atoms with Crippen molar-refractivity contribution < 1.29 is 17.9 Å².